The first-order valence-corrected chi connectivity index (χ1v) is 7.83. The van der Waals surface area contributed by atoms with Crippen LogP contribution in [0.15, 0.2) is 47.1 Å². The van der Waals surface area contributed by atoms with Crippen molar-refractivity contribution in [3.63, 3.8) is 0 Å². The Kier molecular flexibility index (Phi) is 5.80. The van der Waals surface area contributed by atoms with E-state index < -0.39 is 0 Å². The van der Waals surface area contributed by atoms with Crippen molar-refractivity contribution < 1.29 is 13.9 Å². The molecule has 2 rings (SSSR count). The summed E-state index contributed by atoms with van der Waals surface area (Å²) in [6, 6.07) is 4.89. The van der Waals surface area contributed by atoms with E-state index >= 15 is 0 Å². The number of allylic oxidation sites excluding steroid dienone is 3. The molecule has 0 aliphatic carbocycles. The largest absolute Gasteiger partial charge is 0.491 e. The summed E-state index contributed by atoms with van der Waals surface area (Å²) in [4.78, 5) is 1.97. The molecule has 5 heteroatoms. The van der Waals surface area contributed by atoms with Gasteiger partial charge in [0.25, 0.3) is 0 Å². The molecule has 0 atom stereocenters. The molecule has 0 aromatic heterocycles. The van der Waals surface area contributed by atoms with E-state index in [1.54, 1.807) is 19.2 Å². The van der Waals surface area contributed by atoms with Gasteiger partial charge in [0.2, 0.25) is 0 Å². The van der Waals surface area contributed by atoms with Crippen LogP contribution in [0.3, 0.4) is 0 Å². The zero-order valence-electron chi connectivity index (χ0n) is 12.7. The Labute approximate surface area is 138 Å². The van der Waals surface area contributed by atoms with Gasteiger partial charge in [-0.3, -0.25) is 0 Å². The molecule has 1 aromatic rings. The van der Waals surface area contributed by atoms with Crippen LogP contribution < -0.4 is 4.74 Å². The van der Waals surface area contributed by atoms with Crippen LogP contribution in [0, 0.1) is 5.82 Å². The summed E-state index contributed by atoms with van der Waals surface area (Å²) in [5, 5.41) is 0. The lowest BCUT2D eigenvalue weighted by Gasteiger charge is -2.30. The number of halogens is 2. The molecule has 0 saturated heterocycles. The number of rotatable bonds is 6. The zero-order chi connectivity index (χ0) is 16.1. The van der Waals surface area contributed by atoms with Crippen LogP contribution in [0.1, 0.15) is 12.5 Å². The maximum absolute atomic E-state index is 14.4. The molecule has 0 spiro atoms. The lowest BCUT2D eigenvalue weighted by Crippen LogP contribution is -2.23. The van der Waals surface area contributed by atoms with Crippen molar-refractivity contribution in [2.24, 2.45) is 0 Å². The van der Waals surface area contributed by atoms with Crippen molar-refractivity contribution in [2.75, 3.05) is 26.9 Å². The van der Waals surface area contributed by atoms with Gasteiger partial charge >= 0.3 is 0 Å². The van der Waals surface area contributed by atoms with Crippen molar-refractivity contribution >= 4 is 21.6 Å². The molecule has 118 valence electrons. The number of likely N-dealkylation sites (N-methyl/N-ethyl adjacent to an activating group) is 1. The number of methoxy groups -OCH3 is 1. The number of ether oxygens (including phenoxy) is 2. The first kappa shape index (κ1) is 16.8. The summed E-state index contributed by atoms with van der Waals surface area (Å²) in [6.45, 7) is 7.60. The Morgan fingerprint density at radius 2 is 2.05 bits per heavy atom. The van der Waals surface area contributed by atoms with Gasteiger partial charge < -0.3 is 14.4 Å². The smallest absolute Gasteiger partial charge is 0.136 e. The standard InChI is InChI=1S/C17H19BrFNO2/c1-4-20-12(2)15(18)7-8-17(20)14-6-5-13(11-16(14)19)22-10-9-21-3/h5-8,11H,2,4,9-10H2,1,3H3. The lowest BCUT2D eigenvalue weighted by molar-refractivity contribution is 0.146. The predicted molar refractivity (Wildman–Crippen MR) is 90.3 cm³/mol. The highest BCUT2D eigenvalue weighted by molar-refractivity contribution is 9.12. The summed E-state index contributed by atoms with van der Waals surface area (Å²) in [5.74, 6) is 0.173. The van der Waals surface area contributed by atoms with Crippen LogP contribution in [0.4, 0.5) is 4.39 Å². The first-order chi connectivity index (χ1) is 10.6. The van der Waals surface area contributed by atoms with Crippen molar-refractivity contribution in [1.29, 1.82) is 0 Å². The van der Waals surface area contributed by atoms with Gasteiger partial charge in [-0.15, -0.1) is 0 Å². The molecule has 0 amide bonds. The molecule has 0 bridgehead atoms. The number of nitrogens with zero attached hydrogens (tertiary/aromatic N) is 1. The molecule has 0 unspecified atom stereocenters. The first-order valence-electron chi connectivity index (χ1n) is 7.04. The summed E-state index contributed by atoms with van der Waals surface area (Å²) >= 11 is 3.45. The summed E-state index contributed by atoms with van der Waals surface area (Å²) in [5.41, 5.74) is 2.13. The highest BCUT2D eigenvalue weighted by Crippen LogP contribution is 2.34. The van der Waals surface area contributed by atoms with Gasteiger partial charge in [0.05, 0.1) is 12.3 Å². The third-order valence-electron chi connectivity index (χ3n) is 3.37. The van der Waals surface area contributed by atoms with Gasteiger partial charge in [-0.25, -0.2) is 4.39 Å². The van der Waals surface area contributed by atoms with E-state index in [0.29, 0.717) is 31.1 Å². The van der Waals surface area contributed by atoms with Crippen LogP contribution in [-0.2, 0) is 4.74 Å². The quantitative estimate of drug-likeness (QED) is 0.698. The van der Waals surface area contributed by atoms with Crippen LogP contribution in [0.2, 0.25) is 0 Å². The van der Waals surface area contributed by atoms with Crippen molar-refractivity contribution in [3.05, 3.63) is 58.5 Å². The van der Waals surface area contributed by atoms with Gasteiger partial charge in [-0.2, -0.15) is 0 Å². The van der Waals surface area contributed by atoms with E-state index in [2.05, 4.69) is 22.5 Å². The van der Waals surface area contributed by atoms with Crippen LogP contribution >= 0.6 is 15.9 Å². The molecule has 0 radical (unpaired) electrons. The monoisotopic (exact) mass is 367 g/mol. The molecule has 0 N–H and O–H groups in total. The Hall–Kier alpha value is -1.59. The molecular weight excluding hydrogens is 349 g/mol. The number of hydrogen-bond acceptors (Lipinski definition) is 3. The van der Waals surface area contributed by atoms with Crippen LogP contribution in [0.25, 0.3) is 5.70 Å². The maximum atomic E-state index is 14.4. The van der Waals surface area contributed by atoms with E-state index in [1.807, 2.05) is 24.0 Å². The van der Waals surface area contributed by atoms with Gasteiger partial charge in [0, 0.05) is 35.5 Å². The lowest BCUT2D eigenvalue weighted by atomic mass is 10.1. The normalized spacial score (nSPS) is 14.7. The minimum atomic E-state index is -0.321. The molecule has 1 heterocycles. The van der Waals surface area contributed by atoms with Gasteiger partial charge in [0.15, 0.2) is 0 Å². The molecule has 22 heavy (non-hydrogen) atoms. The van der Waals surface area contributed by atoms with Crippen LogP contribution in [-0.4, -0.2) is 31.8 Å². The zero-order valence-corrected chi connectivity index (χ0v) is 14.3. The molecular formula is C17H19BrFNO2. The Morgan fingerprint density at radius 3 is 2.68 bits per heavy atom. The predicted octanol–water partition coefficient (Wildman–Crippen LogP) is 4.32. The Balaban J connectivity index is 2.27. The highest BCUT2D eigenvalue weighted by atomic mass is 79.9. The number of benzene rings is 1. The second-order valence-corrected chi connectivity index (χ2v) is 5.59. The average molecular weight is 368 g/mol. The molecule has 3 nitrogen and oxygen atoms in total. The van der Waals surface area contributed by atoms with Gasteiger partial charge in [-0.05, 0) is 47.1 Å². The van der Waals surface area contributed by atoms with Gasteiger partial charge in [-0.1, -0.05) is 6.58 Å². The minimum absolute atomic E-state index is 0.321. The Bertz CT molecular complexity index is 625. The topological polar surface area (TPSA) is 21.7 Å². The molecule has 0 fully saturated rings. The fourth-order valence-corrected chi connectivity index (χ4v) is 2.59. The van der Waals surface area contributed by atoms with Crippen molar-refractivity contribution in [2.45, 2.75) is 6.92 Å². The van der Waals surface area contributed by atoms with E-state index in [4.69, 9.17) is 9.47 Å². The highest BCUT2D eigenvalue weighted by Gasteiger charge is 2.20. The number of hydrogen-bond donors (Lipinski definition) is 0. The summed E-state index contributed by atoms with van der Waals surface area (Å²) in [6.07, 6.45) is 3.76. The maximum Gasteiger partial charge on any atom is 0.136 e. The second kappa shape index (κ2) is 7.61. The van der Waals surface area contributed by atoms with E-state index in [0.717, 1.165) is 15.9 Å². The van der Waals surface area contributed by atoms with Crippen LogP contribution in [0.5, 0.6) is 5.75 Å². The second-order valence-electron chi connectivity index (χ2n) is 4.74. The molecule has 1 aromatic carbocycles. The SMILES string of the molecule is C=C1C(Br)=CC=C(c2ccc(OCCOC)cc2F)N1CC. The fourth-order valence-electron chi connectivity index (χ4n) is 2.25. The minimum Gasteiger partial charge on any atom is -0.491 e. The third-order valence-corrected chi connectivity index (χ3v) is 4.09. The van der Waals surface area contributed by atoms with Crippen molar-refractivity contribution in [1.82, 2.24) is 4.90 Å². The van der Waals surface area contributed by atoms with E-state index in [-0.39, 0.29) is 5.82 Å². The summed E-state index contributed by atoms with van der Waals surface area (Å²) < 4.78 is 25.7. The Morgan fingerprint density at radius 1 is 1.27 bits per heavy atom. The summed E-state index contributed by atoms with van der Waals surface area (Å²) in [7, 11) is 1.60. The van der Waals surface area contributed by atoms with Gasteiger partial charge in [0.1, 0.15) is 18.2 Å². The van der Waals surface area contributed by atoms with E-state index in [1.165, 1.54) is 6.07 Å². The average Bonchev–Trinajstić information content (AvgIpc) is 2.51. The molecule has 1 aliphatic rings. The molecule has 0 saturated carbocycles. The molecule has 1 aliphatic heterocycles. The van der Waals surface area contributed by atoms with Crippen molar-refractivity contribution in [3.8, 4) is 5.75 Å². The van der Waals surface area contributed by atoms with E-state index in [9.17, 15) is 4.39 Å². The fraction of sp³-hybridized carbons (Fsp3) is 0.294. The third kappa shape index (κ3) is 3.59.